The summed E-state index contributed by atoms with van der Waals surface area (Å²) in [6.07, 6.45) is 0. The molecule has 0 atom stereocenters. The van der Waals surface area contributed by atoms with E-state index in [2.05, 4.69) is 10.1 Å². The van der Waals surface area contributed by atoms with Gasteiger partial charge in [0.25, 0.3) is 11.6 Å². The molecule has 0 fully saturated rings. The number of aromatic nitrogens is 2. The lowest BCUT2D eigenvalue weighted by Crippen LogP contribution is -1.89. The molecule has 26 heavy (non-hydrogen) atoms. The van der Waals surface area contributed by atoms with E-state index in [-0.39, 0.29) is 5.69 Å². The predicted octanol–water partition coefficient (Wildman–Crippen LogP) is 4.98. The highest BCUT2D eigenvalue weighted by Crippen LogP contribution is 2.32. The van der Waals surface area contributed by atoms with Crippen LogP contribution >= 0.6 is 0 Å². The van der Waals surface area contributed by atoms with Crippen molar-refractivity contribution in [3.05, 3.63) is 89.0 Å². The van der Waals surface area contributed by atoms with Crippen molar-refractivity contribution in [2.24, 2.45) is 0 Å². The van der Waals surface area contributed by atoms with Crippen molar-refractivity contribution in [2.45, 2.75) is 0 Å². The van der Waals surface area contributed by atoms with Crippen LogP contribution in [0.2, 0.25) is 0 Å². The molecule has 1 aromatic heterocycles. The third-order valence-electron chi connectivity index (χ3n) is 3.98. The van der Waals surface area contributed by atoms with Gasteiger partial charge in [-0.3, -0.25) is 10.1 Å². The lowest BCUT2D eigenvalue weighted by atomic mass is 10.00. The van der Waals surface area contributed by atoms with Crippen LogP contribution in [-0.2, 0) is 0 Å². The minimum atomic E-state index is -0.449. The predicted molar refractivity (Wildman–Crippen MR) is 97.3 cm³/mol. The van der Waals surface area contributed by atoms with Gasteiger partial charge in [0.15, 0.2) is 0 Å². The van der Waals surface area contributed by atoms with Gasteiger partial charge in [-0.05, 0) is 17.2 Å². The minimum absolute atomic E-state index is 0.0152. The van der Waals surface area contributed by atoms with Crippen LogP contribution < -0.4 is 0 Å². The molecule has 0 aliphatic rings. The first-order valence-corrected chi connectivity index (χ1v) is 7.96. The second-order valence-corrected chi connectivity index (χ2v) is 5.64. The molecule has 0 aliphatic carbocycles. The Bertz CT molecular complexity index is 1070. The highest BCUT2D eigenvalue weighted by Gasteiger charge is 2.16. The van der Waals surface area contributed by atoms with E-state index in [4.69, 9.17) is 4.52 Å². The molecule has 0 radical (unpaired) electrons. The lowest BCUT2D eigenvalue weighted by Gasteiger charge is -2.05. The first-order valence-electron chi connectivity index (χ1n) is 7.96. The van der Waals surface area contributed by atoms with Crippen molar-refractivity contribution in [3.8, 4) is 34.0 Å². The maximum absolute atomic E-state index is 11.0. The highest BCUT2D eigenvalue weighted by atomic mass is 16.6. The van der Waals surface area contributed by atoms with Crippen LogP contribution in [0, 0.1) is 10.1 Å². The summed E-state index contributed by atoms with van der Waals surface area (Å²) >= 11 is 0. The number of rotatable bonds is 4. The summed E-state index contributed by atoms with van der Waals surface area (Å²) in [4.78, 5) is 14.9. The van der Waals surface area contributed by atoms with E-state index < -0.39 is 4.92 Å². The normalized spacial score (nSPS) is 10.6. The number of hydrogen-bond donors (Lipinski definition) is 0. The molecule has 0 aliphatic heterocycles. The van der Waals surface area contributed by atoms with E-state index in [0.717, 1.165) is 16.7 Å². The second-order valence-electron chi connectivity index (χ2n) is 5.64. The van der Waals surface area contributed by atoms with E-state index >= 15 is 0 Å². The number of nitro groups is 1. The Morgan fingerprint density at radius 3 is 2.27 bits per heavy atom. The summed E-state index contributed by atoms with van der Waals surface area (Å²) < 4.78 is 5.44. The Hall–Kier alpha value is -3.80. The summed E-state index contributed by atoms with van der Waals surface area (Å²) in [5, 5.41) is 14.9. The maximum atomic E-state index is 11.0. The molecule has 4 aromatic rings. The van der Waals surface area contributed by atoms with Gasteiger partial charge in [-0.25, -0.2) is 0 Å². The largest absolute Gasteiger partial charge is 0.334 e. The molecular weight excluding hydrogens is 330 g/mol. The summed E-state index contributed by atoms with van der Waals surface area (Å²) in [6, 6.07) is 23.8. The molecule has 4 rings (SSSR count). The number of non-ortho nitro benzene ring substituents is 1. The fourth-order valence-corrected chi connectivity index (χ4v) is 2.75. The van der Waals surface area contributed by atoms with Crippen molar-refractivity contribution in [1.82, 2.24) is 10.1 Å². The van der Waals surface area contributed by atoms with E-state index in [0.29, 0.717) is 17.3 Å². The van der Waals surface area contributed by atoms with Gasteiger partial charge >= 0.3 is 0 Å². The lowest BCUT2D eigenvalue weighted by molar-refractivity contribution is -0.384. The Morgan fingerprint density at radius 1 is 0.808 bits per heavy atom. The molecule has 126 valence electrons. The van der Waals surface area contributed by atoms with Crippen LogP contribution in [-0.4, -0.2) is 15.1 Å². The molecule has 0 saturated carbocycles. The number of nitro benzene ring substituents is 1. The Balaban J connectivity index is 1.76. The van der Waals surface area contributed by atoms with Crippen LogP contribution in [0.4, 0.5) is 5.69 Å². The fourth-order valence-electron chi connectivity index (χ4n) is 2.75. The molecule has 6 nitrogen and oxygen atoms in total. The summed E-state index contributed by atoms with van der Waals surface area (Å²) in [7, 11) is 0. The SMILES string of the molecule is O=[N+]([O-])c1cccc(-c2noc(-c3ccccc3-c3ccccc3)n2)c1. The van der Waals surface area contributed by atoms with Crippen molar-refractivity contribution >= 4 is 5.69 Å². The molecular formula is C20H13N3O3. The van der Waals surface area contributed by atoms with E-state index in [1.165, 1.54) is 12.1 Å². The molecule has 0 amide bonds. The smallest absolute Gasteiger partial charge is 0.270 e. The van der Waals surface area contributed by atoms with Gasteiger partial charge in [-0.1, -0.05) is 65.8 Å². The van der Waals surface area contributed by atoms with Crippen LogP contribution in [0.3, 0.4) is 0 Å². The van der Waals surface area contributed by atoms with Gasteiger partial charge in [0.1, 0.15) is 0 Å². The van der Waals surface area contributed by atoms with Gasteiger partial charge in [0, 0.05) is 23.3 Å². The molecule has 0 bridgehead atoms. The zero-order chi connectivity index (χ0) is 17.9. The first kappa shape index (κ1) is 15.7. The van der Waals surface area contributed by atoms with Crippen LogP contribution in [0.25, 0.3) is 34.0 Å². The summed E-state index contributed by atoms with van der Waals surface area (Å²) in [6.45, 7) is 0. The molecule has 3 aromatic carbocycles. The standard InChI is InChI=1S/C20H13N3O3/c24-23(25)16-10-6-9-15(13-16)19-21-20(26-22-19)18-12-5-4-11-17(18)14-7-2-1-3-8-14/h1-13H. The van der Waals surface area contributed by atoms with Gasteiger partial charge in [0.05, 0.1) is 4.92 Å². The highest BCUT2D eigenvalue weighted by molar-refractivity contribution is 5.80. The summed E-state index contributed by atoms with van der Waals surface area (Å²) in [5.41, 5.74) is 3.34. The molecule has 0 spiro atoms. The topological polar surface area (TPSA) is 82.1 Å². The zero-order valence-corrected chi connectivity index (χ0v) is 13.6. The average Bonchev–Trinajstić information content (AvgIpc) is 3.19. The Morgan fingerprint density at radius 2 is 1.50 bits per heavy atom. The minimum Gasteiger partial charge on any atom is -0.334 e. The molecule has 6 heteroatoms. The molecule has 0 unspecified atom stereocenters. The number of hydrogen-bond acceptors (Lipinski definition) is 5. The maximum Gasteiger partial charge on any atom is 0.270 e. The van der Waals surface area contributed by atoms with E-state index in [1.54, 1.807) is 12.1 Å². The summed E-state index contributed by atoms with van der Waals surface area (Å²) in [5.74, 6) is 0.678. The molecule has 0 saturated heterocycles. The molecule has 1 heterocycles. The Labute approximate surface area is 148 Å². The second kappa shape index (κ2) is 6.60. The van der Waals surface area contributed by atoms with E-state index in [9.17, 15) is 10.1 Å². The van der Waals surface area contributed by atoms with Crippen LogP contribution in [0.15, 0.2) is 83.4 Å². The van der Waals surface area contributed by atoms with Crippen LogP contribution in [0.1, 0.15) is 0 Å². The fraction of sp³-hybridized carbons (Fsp3) is 0. The van der Waals surface area contributed by atoms with Crippen LogP contribution in [0.5, 0.6) is 0 Å². The van der Waals surface area contributed by atoms with Crippen molar-refractivity contribution < 1.29 is 9.45 Å². The number of nitrogens with zero attached hydrogens (tertiary/aromatic N) is 3. The monoisotopic (exact) mass is 343 g/mol. The van der Waals surface area contributed by atoms with Crippen molar-refractivity contribution in [1.29, 1.82) is 0 Å². The van der Waals surface area contributed by atoms with Gasteiger partial charge < -0.3 is 4.52 Å². The van der Waals surface area contributed by atoms with Gasteiger partial charge in [-0.15, -0.1) is 0 Å². The van der Waals surface area contributed by atoms with Gasteiger partial charge in [0.2, 0.25) is 5.82 Å². The quantitative estimate of drug-likeness (QED) is 0.385. The van der Waals surface area contributed by atoms with Crippen molar-refractivity contribution in [3.63, 3.8) is 0 Å². The van der Waals surface area contributed by atoms with E-state index in [1.807, 2.05) is 54.6 Å². The first-order chi connectivity index (χ1) is 12.7. The average molecular weight is 343 g/mol. The van der Waals surface area contributed by atoms with Crippen molar-refractivity contribution in [2.75, 3.05) is 0 Å². The zero-order valence-electron chi connectivity index (χ0n) is 13.6. The van der Waals surface area contributed by atoms with Gasteiger partial charge in [-0.2, -0.15) is 4.98 Å². The third-order valence-corrected chi connectivity index (χ3v) is 3.98. The number of benzene rings is 3. The molecule has 0 N–H and O–H groups in total. The Kier molecular flexibility index (Phi) is 3.99. The third kappa shape index (κ3) is 2.95.